The Kier molecular flexibility index (Phi) is 3.17. The molecule has 0 bridgehead atoms. The highest BCUT2D eigenvalue weighted by molar-refractivity contribution is 7.80. The minimum atomic E-state index is -0.504. The van der Waals surface area contributed by atoms with Gasteiger partial charge >= 0.3 is 0 Å². The van der Waals surface area contributed by atoms with Crippen LogP contribution in [0.2, 0.25) is 0 Å². The second-order valence-corrected chi connectivity index (χ2v) is 5.78. The normalized spacial score (nSPS) is 21.1. The first-order valence-electron chi connectivity index (χ1n) is 5.67. The molecule has 1 aliphatic rings. The Balaban J connectivity index is 1.98. The quantitative estimate of drug-likeness (QED) is 0.797. The zero-order valence-corrected chi connectivity index (χ0v) is 10.9. The molecule has 1 atom stereocenters. The number of rotatable bonds is 3. The van der Waals surface area contributed by atoms with E-state index < -0.39 is 5.82 Å². The van der Waals surface area contributed by atoms with Gasteiger partial charge in [-0.3, -0.25) is 4.79 Å². The monoisotopic (exact) mass is 253 g/mol. The first-order valence-corrected chi connectivity index (χ1v) is 6.11. The summed E-state index contributed by atoms with van der Waals surface area (Å²) in [6, 6.07) is 4.24. The van der Waals surface area contributed by atoms with Gasteiger partial charge in [-0.05, 0) is 36.0 Å². The van der Waals surface area contributed by atoms with Crippen LogP contribution in [0.1, 0.15) is 30.6 Å². The van der Waals surface area contributed by atoms with Crippen molar-refractivity contribution in [2.75, 3.05) is 6.54 Å². The van der Waals surface area contributed by atoms with E-state index in [2.05, 4.69) is 31.8 Å². The fourth-order valence-electron chi connectivity index (χ4n) is 1.92. The van der Waals surface area contributed by atoms with Gasteiger partial charge in [0, 0.05) is 11.4 Å². The van der Waals surface area contributed by atoms with E-state index in [1.54, 1.807) is 0 Å². The molecule has 0 saturated heterocycles. The summed E-state index contributed by atoms with van der Waals surface area (Å²) in [6.45, 7) is 4.94. The van der Waals surface area contributed by atoms with E-state index in [1.165, 1.54) is 18.2 Å². The maximum Gasteiger partial charge on any atom is 0.254 e. The summed E-state index contributed by atoms with van der Waals surface area (Å²) in [6.07, 6.45) is 1.11. The minimum Gasteiger partial charge on any atom is -0.352 e. The first kappa shape index (κ1) is 12.4. The van der Waals surface area contributed by atoms with Crippen LogP contribution >= 0.6 is 12.6 Å². The molecule has 1 amide bonds. The molecule has 4 heteroatoms. The van der Waals surface area contributed by atoms with Crippen molar-refractivity contribution in [3.05, 3.63) is 29.6 Å². The molecule has 1 unspecified atom stereocenters. The van der Waals surface area contributed by atoms with Gasteiger partial charge in [-0.1, -0.05) is 13.8 Å². The molecule has 0 aliphatic heterocycles. The van der Waals surface area contributed by atoms with E-state index in [-0.39, 0.29) is 11.5 Å². The van der Waals surface area contributed by atoms with Crippen molar-refractivity contribution in [2.24, 2.45) is 11.3 Å². The van der Waals surface area contributed by atoms with Crippen molar-refractivity contribution in [1.29, 1.82) is 0 Å². The lowest BCUT2D eigenvalue weighted by atomic mass is 10.1. The SMILES string of the molecule is CC1(C)CC1CNC(=O)c1cc(S)ccc1F. The van der Waals surface area contributed by atoms with Gasteiger partial charge in [0.1, 0.15) is 5.82 Å². The van der Waals surface area contributed by atoms with E-state index in [0.29, 0.717) is 22.8 Å². The van der Waals surface area contributed by atoms with Crippen LogP contribution in [0.5, 0.6) is 0 Å². The Labute approximate surface area is 106 Å². The van der Waals surface area contributed by atoms with Crippen molar-refractivity contribution >= 4 is 18.5 Å². The zero-order valence-electron chi connectivity index (χ0n) is 9.96. The fourth-order valence-corrected chi connectivity index (χ4v) is 2.13. The number of amides is 1. The molecular formula is C13H16FNOS. The predicted octanol–water partition coefficient (Wildman–Crippen LogP) is 2.89. The van der Waals surface area contributed by atoms with E-state index in [1.807, 2.05) is 0 Å². The van der Waals surface area contributed by atoms with Crippen LogP contribution in [0.3, 0.4) is 0 Å². The molecule has 17 heavy (non-hydrogen) atoms. The van der Waals surface area contributed by atoms with Gasteiger partial charge in [0.2, 0.25) is 0 Å². The average Bonchev–Trinajstić information content (AvgIpc) is 2.87. The van der Waals surface area contributed by atoms with Gasteiger partial charge in [-0.2, -0.15) is 0 Å². The van der Waals surface area contributed by atoms with Crippen LogP contribution in [0.4, 0.5) is 4.39 Å². The summed E-state index contributed by atoms with van der Waals surface area (Å²) in [5.74, 6) is -0.356. The van der Waals surface area contributed by atoms with Gasteiger partial charge in [0.15, 0.2) is 0 Å². The molecule has 1 fully saturated rings. The second-order valence-electron chi connectivity index (χ2n) is 5.26. The standard InChI is InChI=1S/C13H16FNOS/c1-13(2)6-8(13)7-15-12(16)10-5-9(17)3-4-11(10)14/h3-5,8,17H,6-7H2,1-2H3,(H,15,16). The molecule has 92 valence electrons. The first-order chi connectivity index (χ1) is 7.90. The summed E-state index contributed by atoms with van der Waals surface area (Å²) in [5, 5.41) is 2.77. The Morgan fingerprint density at radius 3 is 2.82 bits per heavy atom. The van der Waals surface area contributed by atoms with Crippen molar-refractivity contribution in [1.82, 2.24) is 5.32 Å². The third-order valence-electron chi connectivity index (χ3n) is 3.42. The lowest BCUT2D eigenvalue weighted by Gasteiger charge is -2.07. The smallest absolute Gasteiger partial charge is 0.254 e. The van der Waals surface area contributed by atoms with E-state index >= 15 is 0 Å². The lowest BCUT2D eigenvalue weighted by molar-refractivity contribution is 0.0946. The van der Waals surface area contributed by atoms with E-state index in [4.69, 9.17) is 0 Å². The fraction of sp³-hybridized carbons (Fsp3) is 0.462. The van der Waals surface area contributed by atoms with E-state index in [9.17, 15) is 9.18 Å². The number of carbonyl (C=O) groups is 1. The van der Waals surface area contributed by atoms with E-state index in [0.717, 1.165) is 6.42 Å². The van der Waals surface area contributed by atoms with Crippen molar-refractivity contribution in [3.8, 4) is 0 Å². The number of carbonyl (C=O) groups excluding carboxylic acids is 1. The molecule has 0 spiro atoms. The van der Waals surface area contributed by atoms with Crippen LogP contribution in [-0.2, 0) is 0 Å². The number of nitrogens with one attached hydrogen (secondary N) is 1. The van der Waals surface area contributed by atoms with Crippen LogP contribution in [0.15, 0.2) is 23.1 Å². The number of hydrogen-bond donors (Lipinski definition) is 2. The number of thiol groups is 1. The largest absolute Gasteiger partial charge is 0.352 e. The van der Waals surface area contributed by atoms with Crippen molar-refractivity contribution in [2.45, 2.75) is 25.2 Å². The predicted molar refractivity (Wildman–Crippen MR) is 67.9 cm³/mol. The molecule has 1 saturated carbocycles. The molecule has 0 radical (unpaired) electrons. The highest BCUT2D eigenvalue weighted by Crippen LogP contribution is 2.50. The van der Waals surface area contributed by atoms with Gasteiger partial charge in [-0.25, -0.2) is 4.39 Å². The van der Waals surface area contributed by atoms with Gasteiger partial charge in [-0.15, -0.1) is 12.6 Å². The number of benzene rings is 1. The maximum atomic E-state index is 13.4. The van der Waals surface area contributed by atoms with Gasteiger partial charge in [0.25, 0.3) is 5.91 Å². The Morgan fingerprint density at radius 2 is 2.24 bits per heavy atom. The highest BCUT2D eigenvalue weighted by atomic mass is 32.1. The van der Waals surface area contributed by atoms with Gasteiger partial charge < -0.3 is 5.32 Å². The molecule has 2 nitrogen and oxygen atoms in total. The number of hydrogen-bond acceptors (Lipinski definition) is 2. The van der Waals surface area contributed by atoms with Crippen molar-refractivity contribution in [3.63, 3.8) is 0 Å². The maximum absolute atomic E-state index is 13.4. The summed E-state index contributed by atoms with van der Waals surface area (Å²) in [5.41, 5.74) is 0.382. The summed E-state index contributed by atoms with van der Waals surface area (Å²) >= 11 is 4.10. The molecule has 1 aliphatic carbocycles. The van der Waals surface area contributed by atoms with Crippen molar-refractivity contribution < 1.29 is 9.18 Å². The Bertz CT molecular complexity index is 459. The third-order valence-corrected chi connectivity index (χ3v) is 3.70. The number of halogens is 1. The van der Waals surface area contributed by atoms with Crippen LogP contribution in [0.25, 0.3) is 0 Å². The molecule has 1 aromatic rings. The molecule has 2 rings (SSSR count). The summed E-state index contributed by atoms with van der Waals surface area (Å²) in [7, 11) is 0. The van der Waals surface area contributed by atoms with Crippen LogP contribution in [-0.4, -0.2) is 12.5 Å². The average molecular weight is 253 g/mol. The van der Waals surface area contributed by atoms with Crippen LogP contribution < -0.4 is 5.32 Å². The molecule has 1 N–H and O–H groups in total. The second kappa shape index (κ2) is 4.33. The third kappa shape index (κ3) is 2.80. The van der Waals surface area contributed by atoms with Crippen LogP contribution in [0, 0.1) is 17.2 Å². The minimum absolute atomic E-state index is 0.0657. The molecule has 1 aromatic carbocycles. The molecular weight excluding hydrogens is 237 g/mol. The van der Waals surface area contributed by atoms with Gasteiger partial charge in [0.05, 0.1) is 5.56 Å². The zero-order chi connectivity index (χ0) is 12.6. The summed E-state index contributed by atoms with van der Waals surface area (Å²) in [4.78, 5) is 12.4. The lowest BCUT2D eigenvalue weighted by Crippen LogP contribution is -2.27. The Hall–Kier alpha value is -1.03. The molecule has 0 aromatic heterocycles. The highest BCUT2D eigenvalue weighted by Gasteiger charge is 2.45. The summed E-state index contributed by atoms with van der Waals surface area (Å²) < 4.78 is 13.4. The molecule has 0 heterocycles. The Morgan fingerprint density at radius 1 is 1.59 bits per heavy atom. The topological polar surface area (TPSA) is 29.1 Å².